The Hall–Kier alpha value is -1.23. The van der Waals surface area contributed by atoms with Gasteiger partial charge in [-0.3, -0.25) is 9.00 Å². The first-order chi connectivity index (χ1) is 8.04. The summed E-state index contributed by atoms with van der Waals surface area (Å²) >= 11 is 0. The fourth-order valence-corrected chi connectivity index (χ4v) is 2.48. The zero-order chi connectivity index (χ0) is 12.8. The Kier molecular flexibility index (Phi) is 5.28. The van der Waals surface area contributed by atoms with E-state index in [-0.39, 0.29) is 17.5 Å². The first kappa shape index (κ1) is 13.8. The summed E-state index contributed by atoms with van der Waals surface area (Å²) in [4.78, 5) is 11.9. The van der Waals surface area contributed by atoms with Crippen LogP contribution < -0.4 is 0 Å². The van der Waals surface area contributed by atoms with E-state index >= 15 is 0 Å². The van der Waals surface area contributed by atoms with Gasteiger partial charge < -0.3 is 4.74 Å². The number of benzene rings is 1. The van der Waals surface area contributed by atoms with Gasteiger partial charge in [0.05, 0.1) is 23.3 Å². The minimum absolute atomic E-state index is 0.185. The van der Waals surface area contributed by atoms with Crippen LogP contribution >= 0.6 is 0 Å². The van der Waals surface area contributed by atoms with E-state index in [4.69, 9.17) is 4.74 Å². The third-order valence-corrected chi connectivity index (χ3v) is 3.77. The Morgan fingerprint density at radius 1 is 1.41 bits per heavy atom. The summed E-state index contributed by atoms with van der Waals surface area (Å²) in [6.45, 7) is 3.70. The molecule has 0 aliphatic rings. The summed E-state index contributed by atoms with van der Waals surface area (Å²) in [6, 6.07) is 5.43. The highest BCUT2D eigenvalue weighted by atomic mass is 32.2. The van der Waals surface area contributed by atoms with Crippen molar-refractivity contribution in [3.63, 3.8) is 0 Å². The summed E-state index contributed by atoms with van der Waals surface area (Å²) in [6.07, 6.45) is 0. The van der Waals surface area contributed by atoms with Crippen LogP contribution in [0.25, 0.3) is 0 Å². The summed E-state index contributed by atoms with van der Waals surface area (Å²) in [5.74, 6) is -0.974. The number of hydrogen-bond donors (Lipinski definition) is 0. The molecule has 0 aliphatic carbocycles. The van der Waals surface area contributed by atoms with E-state index in [9.17, 15) is 13.4 Å². The number of carbonyl (C=O) groups is 1. The van der Waals surface area contributed by atoms with Crippen molar-refractivity contribution in [3.8, 4) is 0 Å². The van der Waals surface area contributed by atoms with Crippen LogP contribution in [-0.4, -0.2) is 22.5 Å². The van der Waals surface area contributed by atoms with Crippen LogP contribution in [0.2, 0.25) is 0 Å². The van der Waals surface area contributed by atoms with Crippen molar-refractivity contribution in [1.82, 2.24) is 0 Å². The third kappa shape index (κ3) is 4.26. The fraction of sp³-hybridized carbons (Fsp3) is 0.417. The van der Waals surface area contributed by atoms with E-state index in [1.165, 1.54) is 24.3 Å². The van der Waals surface area contributed by atoms with Crippen LogP contribution in [-0.2, 0) is 20.3 Å². The van der Waals surface area contributed by atoms with E-state index in [0.717, 1.165) is 0 Å². The maximum atomic E-state index is 12.7. The smallest absolute Gasteiger partial charge is 0.309 e. The molecule has 17 heavy (non-hydrogen) atoms. The van der Waals surface area contributed by atoms with Gasteiger partial charge in [-0.15, -0.1) is 0 Å². The van der Waals surface area contributed by atoms with Crippen molar-refractivity contribution in [3.05, 3.63) is 30.1 Å². The molecule has 0 N–H and O–H groups in total. The lowest BCUT2D eigenvalue weighted by Crippen LogP contribution is -2.20. The van der Waals surface area contributed by atoms with Gasteiger partial charge in [-0.05, 0) is 31.2 Å². The highest BCUT2D eigenvalue weighted by Gasteiger charge is 2.18. The van der Waals surface area contributed by atoms with Crippen molar-refractivity contribution in [2.75, 3.05) is 12.4 Å². The minimum Gasteiger partial charge on any atom is -0.466 e. The molecule has 0 bridgehead atoms. The number of ether oxygens (including phenoxy) is 1. The summed E-state index contributed by atoms with van der Waals surface area (Å²) in [5.41, 5.74) is 0. The predicted octanol–water partition coefficient (Wildman–Crippen LogP) is 2.13. The highest BCUT2D eigenvalue weighted by Crippen LogP contribution is 2.12. The molecule has 1 aromatic carbocycles. The molecule has 0 aliphatic heterocycles. The van der Waals surface area contributed by atoms with Crippen LogP contribution in [0.3, 0.4) is 0 Å². The molecule has 2 atom stereocenters. The Balaban J connectivity index is 2.60. The second-order valence-corrected chi connectivity index (χ2v) is 5.11. The minimum atomic E-state index is -1.31. The molecular weight excluding hydrogens is 243 g/mol. The number of rotatable bonds is 5. The molecule has 1 aromatic rings. The van der Waals surface area contributed by atoms with Crippen LogP contribution in [0.1, 0.15) is 13.8 Å². The quantitative estimate of drug-likeness (QED) is 0.760. The summed E-state index contributed by atoms with van der Waals surface area (Å²) in [5, 5.41) is 0. The van der Waals surface area contributed by atoms with E-state index in [2.05, 4.69) is 0 Å². The standard InChI is InChI=1S/C12H15FO3S/c1-3-16-12(14)9(2)8-17(15)11-6-4-10(13)5-7-11/h4-7,9H,3,8H2,1-2H3. The van der Waals surface area contributed by atoms with Crippen LogP contribution in [0.4, 0.5) is 4.39 Å². The van der Waals surface area contributed by atoms with Gasteiger partial charge >= 0.3 is 5.97 Å². The van der Waals surface area contributed by atoms with Gasteiger partial charge in [0.2, 0.25) is 0 Å². The average molecular weight is 258 g/mol. The predicted molar refractivity (Wildman–Crippen MR) is 63.5 cm³/mol. The molecule has 3 nitrogen and oxygen atoms in total. The molecule has 0 spiro atoms. The zero-order valence-corrected chi connectivity index (χ0v) is 10.6. The van der Waals surface area contributed by atoms with Gasteiger partial charge in [-0.1, -0.05) is 6.92 Å². The molecule has 0 aromatic heterocycles. The number of esters is 1. The van der Waals surface area contributed by atoms with E-state index in [0.29, 0.717) is 11.5 Å². The molecule has 2 unspecified atom stereocenters. The highest BCUT2D eigenvalue weighted by molar-refractivity contribution is 7.85. The van der Waals surface area contributed by atoms with Crippen molar-refractivity contribution < 1.29 is 18.1 Å². The Labute approximate surface area is 102 Å². The van der Waals surface area contributed by atoms with Gasteiger partial charge in [0, 0.05) is 10.6 Å². The van der Waals surface area contributed by atoms with E-state index in [1.807, 2.05) is 0 Å². The van der Waals surface area contributed by atoms with Gasteiger partial charge in [0.15, 0.2) is 0 Å². The van der Waals surface area contributed by atoms with Gasteiger partial charge in [-0.2, -0.15) is 0 Å². The van der Waals surface area contributed by atoms with Crippen molar-refractivity contribution in [2.24, 2.45) is 5.92 Å². The number of carbonyl (C=O) groups excluding carboxylic acids is 1. The van der Waals surface area contributed by atoms with Gasteiger partial charge in [-0.25, -0.2) is 4.39 Å². The lowest BCUT2D eigenvalue weighted by Gasteiger charge is -2.09. The Morgan fingerprint density at radius 2 is 2.00 bits per heavy atom. The number of hydrogen-bond acceptors (Lipinski definition) is 3. The van der Waals surface area contributed by atoms with Crippen LogP contribution in [0.15, 0.2) is 29.2 Å². The topological polar surface area (TPSA) is 43.4 Å². The summed E-state index contributed by atoms with van der Waals surface area (Å²) < 4.78 is 29.4. The van der Waals surface area contributed by atoms with Crippen LogP contribution in [0.5, 0.6) is 0 Å². The maximum Gasteiger partial charge on any atom is 0.309 e. The molecule has 5 heteroatoms. The Morgan fingerprint density at radius 3 is 2.53 bits per heavy atom. The molecule has 1 rings (SSSR count). The molecular formula is C12H15FO3S. The van der Waals surface area contributed by atoms with Gasteiger partial charge in [0.1, 0.15) is 5.82 Å². The average Bonchev–Trinajstić information content (AvgIpc) is 2.30. The second-order valence-electron chi connectivity index (χ2n) is 3.62. The van der Waals surface area contributed by atoms with E-state index < -0.39 is 16.7 Å². The molecule has 94 valence electrons. The van der Waals surface area contributed by atoms with Crippen molar-refractivity contribution in [2.45, 2.75) is 18.7 Å². The lowest BCUT2D eigenvalue weighted by molar-refractivity contribution is -0.146. The molecule has 0 heterocycles. The molecule has 0 saturated carbocycles. The van der Waals surface area contributed by atoms with Crippen LogP contribution in [0, 0.1) is 11.7 Å². The fourth-order valence-electron chi connectivity index (χ4n) is 1.26. The first-order valence-electron chi connectivity index (χ1n) is 5.35. The third-order valence-electron chi connectivity index (χ3n) is 2.17. The molecule has 0 fully saturated rings. The van der Waals surface area contributed by atoms with Gasteiger partial charge in [0.25, 0.3) is 0 Å². The first-order valence-corrected chi connectivity index (χ1v) is 6.67. The molecule has 0 amide bonds. The number of halogens is 1. The van der Waals surface area contributed by atoms with E-state index in [1.54, 1.807) is 13.8 Å². The lowest BCUT2D eigenvalue weighted by atomic mass is 10.2. The zero-order valence-electron chi connectivity index (χ0n) is 9.81. The largest absolute Gasteiger partial charge is 0.466 e. The van der Waals surface area contributed by atoms with Crippen molar-refractivity contribution >= 4 is 16.8 Å². The second kappa shape index (κ2) is 6.49. The summed E-state index contributed by atoms with van der Waals surface area (Å²) in [7, 11) is -1.31. The Bertz CT molecular complexity index is 403. The monoisotopic (exact) mass is 258 g/mol. The maximum absolute atomic E-state index is 12.7. The molecule has 0 saturated heterocycles. The normalized spacial score (nSPS) is 14.1. The molecule has 0 radical (unpaired) electrons. The van der Waals surface area contributed by atoms with Crippen molar-refractivity contribution in [1.29, 1.82) is 0 Å². The SMILES string of the molecule is CCOC(=O)C(C)CS(=O)c1ccc(F)cc1.